The Balaban J connectivity index is 1.93. The molecule has 0 fully saturated rings. The molecule has 1 aromatic carbocycles. The Morgan fingerprint density at radius 1 is 1.23 bits per heavy atom. The van der Waals surface area contributed by atoms with E-state index in [9.17, 15) is 18.4 Å². The number of aliphatic carboxylic acids is 1. The summed E-state index contributed by atoms with van der Waals surface area (Å²) in [4.78, 5) is 23.0. The first-order valence-electron chi connectivity index (χ1n) is 8.06. The molecular weight excluding hydrogens is 346 g/mol. The first-order chi connectivity index (χ1) is 12.4. The Kier molecular flexibility index (Phi) is 7.07. The summed E-state index contributed by atoms with van der Waals surface area (Å²) in [6, 6.07) is 8.44. The average Bonchev–Trinajstić information content (AvgIpc) is 2.99. The minimum absolute atomic E-state index is 0.0793. The lowest BCUT2D eigenvalue weighted by Gasteiger charge is -2.18. The van der Waals surface area contributed by atoms with Crippen LogP contribution in [-0.4, -0.2) is 39.4 Å². The number of carboxylic acids is 1. The molecule has 3 N–H and O–H groups in total. The lowest BCUT2D eigenvalue weighted by Crippen LogP contribution is -2.39. The van der Waals surface area contributed by atoms with Gasteiger partial charge in [-0.2, -0.15) is 5.10 Å². The zero-order valence-electron chi connectivity index (χ0n) is 13.9. The Morgan fingerprint density at radius 2 is 1.96 bits per heavy atom. The summed E-state index contributed by atoms with van der Waals surface area (Å²) in [6.45, 7) is -0.557. The number of hydrogen-bond donors (Lipinski definition) is 3. The number of hydrogen-bond acceptors (Lipinski definition) is 3. The molecular formula is C17H20F2N4O3. The number of urea groups is 1. The van der Waals surface area contributed by atoms with Gasteiger partial charge in [0.2, 0.25) is 0 Å². The van der Waals surface area contributed by atoms with Crippen LogP contribution in [0.4, 0.5) is 19.3 Å². The van der Waals surface area contributed by atoms with E-state index >= 15 is 0 Å². The predicted molar refractivity (Wildman–Crippen MR) is 91.2 cm³/mol. The zero-order valence-corrected chi connectivity index (χ0v) is 13.9. The van der Waals surface area contributed by atoms with Crippen LogP contribution < -0.4 is 10.6 Å². The smallest absolute Gasteiger partial charge is 0.319 e. The Hall–Kier alpha value is -2.97. The van der Waals surface area contributed by atoms with Crippen molar-refractivity contribution < 1.29 is 23.5 Å². The molecule has 2 amide bonds. The van der Waals surface area contributed by atoms with E-state index in [0.29, 0.717) is 6.42 Å². The normalized spacial score (nSPS) is 12.0. The van der Waals surface area contributed by atoms with Gasteiger partial charge in [0.05, 0.1) is 11.9 Å². The maximum atomic E-state index is 12.3. The van der Waals surface area contributed by atoms with Crippen molar-refractivity contribution in [1.29, 1.82) is 0 Å². The fraction of sp³-hybridized carbons (Fsp3) is 0.353. The van der Waals surface area contributed by atoms with Gasteiger partial charge in [0.15, 0.2) is 0 Å². The third-order valence-electron chi connectivity index (χ3n) is 3.58. The van der Waals surface area contributed by atoms with Crippen LogP contribution in [0.5, 0.6) is 0 Å². The van der Waals surface area contributed by atoms with Gasteiger partial charge in [-0.05, 0) is 18.4 Å². The third-order valence-corrected chi connectivity index (χ3v) is 3.58. The quantitative estimate of drug-likeness (QED) is 0.636. The van der Waals surface area contributed by atoms with E-state index in [0.717, 1.165) is 10.2 Å². The fourth-order valence-electron chi connectivity index (χ4n) is 2.44. The van der Waals surface area contributed by atoms with Gasteiger partial charge in [0, 0.05) is 18.7 Å². The van der Waals surface area contributed by atoms with E-state index in [-0.39, 0.29) is 24.6 Å². The summed E-state index contributed by atoms with van der Waals surface area (Å²) in [6.07, 6.45) is 0.696. The van der Waals surface area contributed by atoms with Crippen molar-refractivity contribution in [3.63, 3.8) is 0 Å². The van der Waals surface area contributed by atoms with Gasteiger partial charge in [-0.3, -0.25) is 9.48 Å². The topological polar surface area (TPSA) is 96.2 Å². The largest absolute Gasteiger partial charge is 0.481 e. The molecule has 7 nitrogen and oxygen atoms in total. The monoisotopic (exact) mass is 366 g/mol. The van der Waals surface area contributed by atoms with Crippen molar-refractivity contribution in [3.05, 3.63) is 48.3 Å². The summed E-state index contributed by atoms with van der Waals surface area (Å²) >= 11 is 0. The second kappa shape index (κ2) is 9.50. The Labute approximate surface area is 149 Å². The van der Waals surface area contributed by atoms with Crippen LogP contribution in [-0.2, 0) is 17.8 Å². The second-order valence-corrected chi connectivity index (χ2v) is 5.76. The first kappa shape index (κ1) is 19.4. The Morgan fingerprint density at radius 3 is 2.62 bits per heavy atom. The molecule has 1 unspecified atom stereocenters. The first-order valence-corrected chi connectivity index (χ1v) is 8.06. The van der Waals surface area contributed by atoms with E-state index in [1.807, 2.05) is 30.3 Å². The lowest BCUT2D eigenvalue weighted by molar-refractivity contribution is -0.137. The average molecular weight is 366 g/mol. The van der Waals surface area contributed by atoms with Gasteiger partial charge in [-0.1, -0.05) is 30.3 Å². The number of carboxylic acid groups (broad SMARTS) is 1. The van der Waals surface area contributed by atoms with Crippen LogP contribution in [0.25, 0.3) is 0 Å². The number of carbonyl (C=O) groups is 2. The predicted octanol–water partition coefficient (Wildman–Crippen LogP) is 2.75. The summed E-state index contributed by atoms with van der Waals surface area (Å²) in [5.74, 6) is -0.946. The molecule has 0 spiro atoms. The number of anilines is 1. The maximum Gasteiger partial charge on any atom is 0.319 e. The molecule has 1 heterocycles. The number of amides is 2. The van der Waals surface area contributed by atoms with Crippen LogP contribution in [0.1, 0.15) is 18.4 Å². The van der Waals surface area contributed by atoms with Crippen molar-refractivity contribution >= 4 is 17.7 Å². The van der Waals surface area contributed by atoms with Crippen LogP contribution >= 0.6 is 0 Å². The fourth-order valence-corrected chi connectivity index (χ4v) is 2.44. The highest BCUT2D eigenvalue weighted by molar-refractivity contribution is 5.89. The highest BCUT2D eigenvalue weighted by Gasteiger charge is 2.15. The molecule has 0 bridgehead atoms. The van der Waals surface area contributed by atoms with E-state index in [1.54, 1.807) is 0 Å². The van der Waals surface area contributed by atoms with Gasteiger partial charge >= 0.3 is 12.0 Å². The van der Waals surface area contributed by atoms with E-state index in [4.69, 9.17) is 5.11 Å². The standard InChI is InChI=1S/C17H20F2N4O3/c18-15(19)11-23-10-14(9-20-23)22-17(26)21-13(6-7-16(24)25)8-12-4-2-1-3-5-12/h1-5,9-10,13,15H,6-8,11H2,(H,24,25)(H2,21,22,26). The molecule has 0 saturated heterocycles. The number of nitrogens with zero attached hydrogens (tertiary/aromatic N) is 2. The number of rotatable bonds is 9. The zero-order chi connectivity index (χ0) is 18.9. The number of alkyl halides is 2. The molecule has 1 aromatic heterocycles. The lowest BCUT2D eigenvalue weighted by atomic mass is 10.0. The van der Waals surface area contributed by atoms with Gasteiger partial charge in [0.25, 0.3) is 6.43 Å². The minimum atomic E-state index is -2.54. The van der Waals surface area contributed by atoms with Crippen molar-refractivity contribution in [2.75, 3.05) is 5.32 Å². The van der Waals surface area contributed by atoms with Crippen LogP contribution in [0.15, 0.2) is 42.7 Å². The molecule has 26 heavy (non-hydrogen) atoms. The number of benzene rings is 1. The van der Waals surface area contributed by atoms with Crippen LogP contribution in [0, 0.1) is 0 Å². The maximum absolute atomic E-state index is 12.3. The van der Waals surface area contributed by atoms with Crippen molar-refractivity contribution in [3.8, 4) is 0 Å². The molecule has 0 saturated carbocycles. The number of aromatic nitrogens is 2. The highest BCUT2D eigenvalue weighted by atomic mass is 19.3. The molecule has 0 radical (unpaired) electrons. The van der Waals surface area contributed by atoms with Crippen LogP contribution in [0.2, 0.25) is 0 Å². The summed E-state index contributed by atoms with van der Waals surface area (Å²) < 4.78 is 25.7. The van der Waals surface area contributed by atoms with Crippen molar-refractivity contribution in [2.24, 2.45) is 0 Å². The second-order valence-electron chi connectivity index (χ2n) is 5.76. The molecule has 0 aliphatic carbocycles. The summed E-state index contributed by atoms with van der Waals surface area (Å²) in [5.41, 5.74) is 1.24. The molecule has 2 rings (SSSR count). The van der Waals surface area contributed by atoms with Crippen LogP contribution in [0.3, 0.4) is 0 Å². The molecule has 140 valence electrons. The SMILES string of the molecule is O=C(O)CCC(Cc1ccccc1)NC(=O)Nc1cnn(CC(F)F)c1. The third kappa shape index (κ3) is 6.88. The van der Waals surface area contributed by atoms with Crippen molar-refractivity contribution in [1.82, 2.24) is 15.1 Å². The molecule has 0 aliphatic rings. The number of halogens is 2. The molecule has 1 atom stereocenters. The number of nitrogens with one attached hydrogen (secondary N) is 2. The van der Waals surface area contributed by atoms with E-state index in [1.165, 1.54) is 12.4 Å². The van der Waals surface area contributed by atoms with Gasteiger partial charge in [-0.25, -0.2) is 13.6 Å². The van der Waals surface area contributed by atoms with Crippen molar-refractivity contribution in [2.45, 2.75) is 38.3 Å². The summed E-state index contributed by atoms with van der Waals surface area (Å²) in [5, 5.41) is 17.8. The minimum Gasteiger partial charge on any atom is -0.481 e. The Bertz CT molecular complexity index is 722. The molecule has 9 heteroatoms. The van der Waals surface area contributed by atoms with E-state index < -0.39 is 25.0 Å². The highest BCUT2D eigenvalue weighted by Crippen LogP contribution is 2.10. The van der Waals surface area contributed by atoms with Gasteiger partial charge in [-0.15, -0.1) is 0 Å². The van der Waals surface area contributed by atoms with E-state index in [2.05, 4.69) is 15.7 Å². The van der Waals surface area contributed by atoms with Gasteiger partial charge < -0.3 is 15.7 Å². The van der Waals surface area contributed by atoms with Gasteiger partial charge in [0.1, 0.15) is 6.54 Å². The summed E-state index contributed by atoms with van der Waals surface area (Å²) in [7, 11) is 0. The molecule has 2 aromatic rings. The number of carbonyl (C=O) groups excluding carboxylic acids is 1. The molecule has 0 aliphatic heterocycles.